The number of unbranched alkanes of at least 4 members (excludes halogenated alkanes) is 1. The van der Waals surface area contributed by atoms with Crippen LogP contribution in [0.25, 0.3) is 11.2 Å². The fourth-order valence-corrected chi connectivity index (χ4v) is 2.96. The Labute approximate surface area is 151 Å². The first-order valence-corrected chi connectivity index (χ1v) is 9.23. The number of H-pyrrole nitrogens is 1. The maximum Gasteiger partial charge on any atom is 0.327 e. The minimum absolute atomic E-state index is 0.191. The van der Waals surface area contributed by atoms with Crippen LogP contribution in [0.4, 0.5) is 5.82 Å². The highest BCUT2D eigenvalue weighted by Crippen LogP contribution is 2.18. The molecular formula is C17H27N5O4. The maximum absolute atomic E-state index is 12.2. The summed E-state index contributed by atoms with van der Waals surface area (Å²) in [6.45, 7) is 5.62. The molecule has 26 heavy (non-hydrogen) atoms. The third-order valence-corrected chi connectivity index (χ3v) is 4.43. The number of nitrogens with two attached hydrogens (primary N) is 1. The monoisotopic (exact) mass is 365 g/mol. The van der Waals surface area contributed by atoms with Crippen LogP contribution >= 0.6 is 0 Å². The molecule has 1 saturated heterocycles. The molecule has 1 aliphatic heterocycles. The van der Waals surface area contributed by atoms with Crippen LogP contribution in [0.2, 0.25) is 0 Å². The normalized spacial score (nSPS) is 17.7. The van der Waals surface area contributed by atoms with Gasteiger partial charge in [0.05, 0.1) is 33.0 Å². The van der Waals surface area contributed by atoms with Gasteiger partial charge in [-0.3, -0.25) is 4.57 Å². The van der Waals surface area contributed by atoms with Gasteiger partial charge in [-0.25, -0.2) is 4.79 Å². The highest BCUT2D eigenvalue weighted by atomic mass is 16.5. The summed E-state index contributed by atoms with van der Waals surface area (Å²) in [7, 11) is 0. The number of fused-ring (bicyclic) bond motifs is 1. The Balaban J connectivity index is 1.64. The molecule has 0 radical (unpaired) electrons. The van der Waals surface area contributed by atoms with Crippen LogP contribution in [0.5, 0.6) is 6.01 Å². The fraction of sp³-hybridized carbons (Fsp3) is 0.706. The van der Waals surface area contributed by atoms with Crippen molar-refractivity contribution in [2.24, 2.45) is 5.92 Å². The Morgan fingerprint density at radius 1 is 1.38 bits per heavy atom. The Hall–Kier alpha value is -2.13. The van der Waals surface area contributed by atoms with Gasteiger partial charge in [-0.2, -0.15) is 9.97 Å². The second-order valence-corrected chi connectivity index (χ2v) is 6.53. The van der Waals surface area contributed by atoms with Gasteiger partial charge >= 0.3 is 11.7 Å². The van der Waals surface area contributed by atoms with E-state index in [1.165, 1.54) is 4.57 Å². The Bertz CT molecular complexity index is 766. The van der Waals surface area contributed by atoms with E-state index >= 15 is 0 Å². The molecule has 0 saturated carbocycles. The predicted octanol–water partition coefficient (Wildman–Crippen LogP) is 1.32. The molecule has 1 aliphatic rings. The zero-order valence-corrected chi connectivity index (χ0v) is 15.2. The summed E-state index contributed by atoms with van der Waals surface area (Å²) in [5.74, 6) is 0.637. The van der Waals surface area contributed by atoms with Crippen LogP contribution in [-0.2, 0) is 16.0 Å². The largest absolute Gasteiger partial charge is 0.463 e. The summed E-state index contributed by atoms with van der Waals surface area (Å²) in [6.07, 6.45) is 4.11. The molecule has 3 rings (SSSR count). The van der Waals surface area contributed by atoms with E-state index < -0.39 is 0 Å². The number of anilines is 1. The first-order valence-electron chi connectivity index (χ1n) is 9.23. The minimum Gasteiger partial charge on any atom is -0.463 e. The van der Waals surface area contributed by atoms with E-state index in [-0.39, 0.29) is 17.5 Å². The van der Waals surface area contributed by atoms with Gasteiger partial charge in [-0.1, -0.05) is 13.3 Å². The number of nitrogens with one attached hydrogen (secondary N) is 1. The summed E-state index contributed by atoms with van der Waals surface area (Å²) in [5, 5.41) is 0. The van der Waals surface area contributed by atoms with Gasteiger partial charge in [0, 0.05) is 12.5 Å². The number of aromatic amines is 1. The number of nitrogen functional groups attached to an aromatic ring is 1. The van der Waals surface area contributed by atoms with E-state index in [2.05, 4.69) is 21.9 Å². The SMILES string of the molecule is CCCCOc1nc(N)c2[nH]c(=O)n(CCOCC3CCCOC3)c2n1. The molecule has 144 valence electrons. The van der Waals surface area contributed by atoms with Crippen LogP contribution in [0.1, 0.15) is 32.6 Å². The number of aromatic nitrogens is 4. The number of hydrogen-bond donors (Lipinski definition) is 2. The lowest BCUT2D eigenvalue weighted by molar-refractivity contribution is 0.00419. The predicted molar refractivity (Wildman–Crippen MR) is 97.3 cm³/mol. The van der Waals surface area contributed by atoms with Gasteiger partial charge < -0.3 is 24.9 Å². The second kappa shape index (κ2) is 9.00. The zero-order valence-electron chi connectivity index (χ0n) is 15.2. The van der Waals surface area contributed by atoms with Crippen molar-refractivity contribution in [3.63, 3.8) is 0 Å². The van der Waals surface area contributed by atoms with Crippen LogP contribution < -0.4 is 16.2 Å². The number of rotatable bonds is 9. The molecule has 3 heterocycles. The molecule has 2 aromatic rings. The van der Waals surface area contributed by atoms with Crippen LogP contribution in [0.15, 0.2) is 4.79 Å². The molecule has 0 aromatic carbocycles. The van der Waals surface area contributed by atoms with Gasteiger partial charge in [-0.15, -0.1) is 0 Å². The van der Waals surface area contributed by atoms with Crippen molar-refractivity contribution in [3.8, 4) is 6.01 Å². The van der Waals surface area contributed by atoms with Crippen molar-refractivity contribution < 1.29 is 14.2 Å². The van der Waals surface area contributed by atoms with Crippen LogP contribution in [-0.4, -0.2) is 52.6 Å². The smallest absolute Gasteiger partial charge is 0.327 e. The van der Waals surface area contributed by atoms with E-state index in [4.69, 9.17) is 19.9 Å². The van der Waals surface area contributed by atoms with Crippen LogP contribution in [0.3, 0.4) is 0 Å². The molecule has 1 unspecified atom stereocenters. The Morgan fingerprint density at radius 3 is 3.04 bits per heavy atom. The van der Waals surface area contributed by atoms with Crippen molar-refractivity contribution >= 4 is 17.0 Å². The molecular weight excluding hydrogens is 338 g/mol. The molecule has 0 amide bonds. The second-order valence-electron chi connectivity index (χ2n) is 6.53. The van der Waals surface area contributed by atoms with Gasteiger partial charge in [0.2, 0.25) is 0 Å². The number of nitrogens with zero attached hydrogens (tertiary/aromatic N) is 3. The number of hydrogen-bond acceptors (Lipinski definition) is 7. The van der Waals surface area contributed by atoms with Crippen molar-refractivity contribution in [1.82, 2.24) is 19.5 Å². The summed E-state index contributed by atoms with van der Waals surface area (Å²) < 4.78 is 18.2. The van der Waals surface area contributed by atoms with Crippen LogP contribution in [0, 0.1) is 5.92 Å². The standard InChI is InChI=1S/C17H27N5O4/c1-2-3-8-26-16-20-14(18)13-15(21-16)22(17(23)19-13)6-9-25-11-12-5-4-7-24-10-12/h12H,2-11H2,1H3,(H,19,23)(H2,18,20,21). The topological polar surface area (TPSA) is 117 Å². The van der Waals surface area contributed by atoms with E-state index in [9.17, 15) is 4.79 Å². The van der Waals surface area contributed by atoms with E-state index in [1.54, 1.807) is 0 Å². The van der Waals surface area contributed by atoms with E-state index in [1.807, 2.05) is 0 Å². The zero-order chi connectivity index (χ0) is 18.4. The van der Waals surface area contributed by atoms with Crippen molar-refractivity contribution in [1.29, 1.82) is 0 Å². The lowest BCUT2D eigenvalue weighted by Gasteiger charge is -2.21. The lowest BCUT2D eigenvalue weighted by atomic mass is 10.0. The van der Waals surface area contributed by atoms with Gasteiger partial charge in [-0.05, 0) is 19.3 Å². The number of imidazole rings is 1. The maximum atomic E-state index is 12.2. The highest BCUT2D eigenvalue weighted by Gasteiger charge is 2.16. The van der Waals surface area contributed by atoms with Crippen molar-refractivity contribution in [2.75, 3.05) is 38.8 Å². The molecule has 2 aromatic heterocycles. The molecule has 1 atom stereocenters. The molecule has 3 N–H and O–H groups in total. The average molecular weight is 365 g/mol. The molecule has 0 bridgehead atoms. The summed E-state index contributed by atoms with van der Waals surface area (Å²) in [5.41, 5.74) is 6.53. The lowest BCUT2D eigenvalue weighted by Crippen LogP contribution is -2.24. The molecule has 9 heteroatoms. The van der Waals surface area contributed by atoms with Crippen molar-refractivity contribution in [3.05, 3.63) is 10.5 Å². The molecule has 9 nitrogen and oxygen atoms in total. The first-order chi connectivity index (χ1) is 12.7. The first kappa shape index (κ1) is 18.7. The average Bonchev–Trinajstić information content (AvgIpc) is 2.96. The molecule has 0 spiro atoms. The summed E-state index contributed by atoms with van der Waals surface area (Å²) in [4.78, 5) is 23.4. The third-order valence-electron chi connectivity index (χ3n) is 4.43. The highest BCUT2D eigenvalue weighted by molar-refractivity contribution is 5.81. The third kappa shape index (κ3) is 4.53. The Kier molecular flexibility index (Phi) is 6.45. The quantitative estimate of drug-likeness (QED) is 0.644. The minimum atomic E-state index is -0.281. The summed E-state index contributed by atoms with van der Waals surface area (Å²) >= 11 is 0. The van der Waals surface area contributed by atoms with E-state index in [0.717, 1.165) is 38.9 Å². The fourth-order valence-electron chi connectivity index (χ4n) is 2.96. The van der Waals surface area contributed by atoms with Gasteiger partial charge in [0.15, 0.2) is 11.5 Å². The Morgan fingerprint density at radius 2 is 2.27 bits per heavy atom. The van der Waals surface area contributed by atoms with Gasteiger partial charge in [0.25, 0.3) is 0 Å². The summed E-state index contributed by atoms with van der Waals surface area (Å²) in [6, 6.07) is 0.191. The van der Waals surface area contributed by atoms with Gasteiger partial charge in [0.1, 0.15) is 5.52 Å². The molecule has 0 aliphatic carbocycles. The number of ether oxygens (including phenoxy) is 3. The molecule has 1 fully saturated rings. The van der Waals surface area contributed by atoms with Crippen molar-refractivity contribution in [2.45, 2.75) is 39.2 Å². The van der Waals surface area contributed by atoms with E-state index in [0.29, 0.717) is 43.4 Å².